The number of unbranched alkanes of at least 4 members (excludes halogenated alkanes) is 34. The largest absolute Gasteiger partial charge is 0.394 e. The van der Waals surface area contributed by atoms with E-state index in [4.69, 9.17) is 18.9 Å². The molecule has 2 aliphatic rings. The zero-order valence-electron chi connectivity index (χ0n) is 48.7. The highest BCUT2D eigenvalue weighted by atomic mass is 16.7. The Bertz CT molecular complexity index is 1430. The Labute approximate surface area is 468 Å². The van der Waals surface area contributed by atoms with E-state index < -0.39 is 86.8 Å². The van der Waals surface area contributed by atoms with Crippen LogP contribution in [0.1, 0.15) is 264 Å². The number of carbonyl (C=O) groups is 1. The number of hydrogen-bond donors (Lipinski definition) is 9. The third-order valence-corrected chi connectivity index (χ3v) is 15.6. The first kappa shape index (κ1) is 71.3. The van der Waals surface area contributed by atoms with Gasteiger partial charge in [-0.05, 0) is 51.4 Å². The minimum atomic E-state index is -1.79. The van der Waals surface area contributed by atoms with Gasteiger partial charge in [-0.25, -0.2) is 0 Å². The molecular formula is C63H117NO13. The second kappa shape index (κ2) is 48.9. The van der Waals surface area contributed by atoms with E-state index in [2.05, 4.69) is 43.5 Å². The van der Waals surface area contributed by atoms with E-state index in [1.807, 2.05) is 6.08 Å². The van der Waals surface area contributed by atoms with Crippen LogP contribution in [0.25, 0.3) is 0 Å². The monoisotopic (exact) mass is 1100 g/mol. The van der Waals surface area contributed by atoms with Crippen LogP contribution in [0, 0.1) is 0 Å². The van der Waals surface area contributed by atoms with Crippen molar-refractivity contribution >= 4 is 5.91 Å². The van der Waals surface area contributed by atoms with Gasteiger partial charge in [-0.3, -0.25) is 4.79 Å². The van der Waals surface area contributed by atoms with Gasteiger partial charge in [-0.1, -0.05) is 243 Å². The van der Waals surface area contributed by atoms with Crippen LogP contribution in [0.15, 0.2) is 36.5 Å². The van der Waals surface area contributed by atoms with Gasteiger partial charge < -0.3 is 65.1 Å². The topological polar surface area (TPSA) is 228 Å². The summed E-state index contributed by atoms with van der Waals surface area (Å²) in [5, 5.41) is 87.2. The summed E-state index contributed by atoms with van der Waals surface area (Å²) in [6.45, 7) is 2.81. The van der Waals surface area contributed by atoms with Crippen LogP contribution in [-0.4, -0.2) is 140 Å². The van der Waals surface area contributed by atoms with Gasteiger partial charge >= 0.3 is 0 Å². The first-order chi connectivity index (χ1) is 37.6. The van der Waals surface area contributed by atoms with Crippen molar-refractivity contribution in [2.24, 2.45) is 0 Å². The Morgan fingerprint density at radius 1 is 0.468 bits per heavy atom. The minimum Gasteiger partial charge on any atom is -0.394 e. The molecule has 0 aliphatic carbocycles. The van der Waals surface area contributed by atoms with Gasteiger partial charge in [0.2, 0.25) is 5.91 Å². The van der Waals surface area contributed by atoms with E-state index in [0.29, 0.717) is 6.42 Å². The maximum atomic E-state index is 13.3. The highest BCUT2D eigenvalue weighted by molar-refractivity contribution is 5.76. The Hall–Kier alpha value is -1.79. The maximum Gasteiger partial charge on any atom is 0.220 e. The zero-order valence-corrected chi connectivity index (χ0v) is 48.7. The molecule has 9 N–H and O–H groups in total. The number of ether oxygens (including phenoxy) is 4. The summed E-state index contributed by atoms with van der Waals surface area (Å²) < 4.78 is 22.8. The average molecular weight is 1100 g/mol. The Morgan fingerprint density at radius 2 is 0.857 bits per heavy atom. The van der Waals surface area contributed by atoms with Crippen molar-refractivity contribution in [2.75, 3.05) is 19.8 Å². The Balaban J connectivity index is 1.75. The lowest BCUT2D eigenvalue weighted by atomic mass is 9.97. The molecule has 77 heavy (non-hydrogen) atoms. The number of hydrogen-bond acceptors (Lipinski definition) is 13. The van der Waals surface area contributed by atoms with Crippen molar-refractivity contribution in [3.05, 3.63) is 36.5 Å². The van der Waals surface area contributed by atoms with Crippen LogP contribution in [0.2, 0.25) is 0 Å². The smallest absolute Gasteiger partial charge is 0.220 e. The molecular weight excluding hydrogens is 979 g/mol. The summed E-state index contributed by atoms with van der Waals surface area (Å²) in [6.07, 6.45) is 43.2. The van der Waals surface area contributed by atoms with E-state index in [0.717, 1.165) is 51.4 Å². The molecule has 12 unspecified atom stereocenters. The molecule has 2 fully saturated rings. The van der Waals surface area contributed by atoms with Crippen molar-refractivity contribution in [1.82, 2.24) is 5.32 Å². The number of nitrogens with one attached hydrogen (secondary N) is 1. The molecule has 2 heterocycles. The van der Waals surface area contributed by atoms with Crippen LogP contribution in [0.5, 0.6) is 0 Å². The molecule has 14 nitrogen and oxygen atoms in total. The molecule has 2 aliphatic heterocycles. The molecule has 14 heteroatoms. The second-order valence-corrected chi connectivity index (χ2v) is 22.5. The first-order valence-corrected chi connectivity index (χ1v) is 31.7. The third-order valence-electron chi connectivity index (χ3n) is 15.6. The molecule has 12 atom stereocenters. The molecule has 452 valence electrons. The number of rotatable bonds is 51. The lowest BCUT2D eigenvalue weighted by Crippen LogP contribution is -2.65. The van der Waals surface area contributed by atoms with E-state index in [1.165, 1.54) is 186 Å². The minimum absolute atomic E-state index is 0.241. The second-order valence-electron chi connectivity index (χ2n) is 22.5. The molecule has 1 amide bonds. The van der Waals surface area contributed by atoms with Crippen molar-refractivity contribution in [3.8, 4) is 0 Å². The molecule has 0 aromatic heterocycles. The Kier molecular flexibility index (Phi) is 45.3. The van der Waals surface area contributed by atoms with Gasteiger partial charge in [0.05, 0.1) is 32.0 Å². The van der Waals surface area contributed by atoms with Crippen molar-refractivity contribution in [3.63, 3.8) is 0 Å². The molecule has 0 radical (unpaired) electrons. The lowest BCUT2D eigenvalue weighted by Gasteiger charge is -2.46. The molecule has 0 aromatic carbocycles. The molecule has 2 rings (SSSR count). The quantitative estimate of drug-likeness (QED) is 0.0204. The molecule has 0 bridgehead atoms. The van der Waals surface area contributed by atoms with Gasteiger partial charge in [0, 0.05) is 6.42 Å². The number of allylic oxidation sites excluding steroid dienone is 5. The number of aliphatic hydroxyl groups is 8. The molecule has 0 aromatic rings. The SMILES string of the molecule is CCCCCCC/C=C\C/C=C\CCCCCCCCCCCC(=O)NC(COC1OC(CO)C(OC2OC(CO)C(O)C(O)C2O)C(O)C1O)C(O)/C=C/CCCCCCCCCCCCCCCCCCCCCC. The van der Waals surface area contributed by atoms with Gasteiger partial charge in [0.25, 0.3) is 0 Å². The van der Waals surface area contributed by atoms with E-state index in [-0.39, 0.29) is 18.9 Å². The van der Waals surface area contributed by atoms with Crippen molar-refractivity contribution in [2.45, 2.75) is 338 Å². The van der Waals surface area contributed by atoms with Crippen LogP contribution in [0.3, 0.4) is 0 Å². The number of aliphatic hydroxyl groups excluding tert-OH is 8. The summed E-state index contributed by atoms with van der Waals surface area (Å²) in [7, 11) is 0. The summed E-state index contributed by atoms with van der Waals surface area (Å²) in [5.74, 6) is -0.241. The summed E-state index contributed by atoms with van der Waals surface area (Å²) in [6, 6.07) is -0.917. The van der Waals surface area contributed by atoms with Crippen LogP contribution >= 0.6 is 0 Å². The van der Waals surface area contributed by atoms with Crippen molar-refractivity contribution in [1.29, 1.82) is 0 Å². The average Bonchev–Trinajstić information content (AvgIpc) is 3.44. The lowest BCUT2D eigenvalue weighted by molar-refractivity contribution is -0.359. The predicted octanol–water partition coefficient (Wildman–Crippen LogP) is 11.4. The van der Waals surface area contributed by atoms with Crippen LogP contribution < -0.4 is 5.32 Å². The third kappa shape index (κ3) is 34.3. The molecule has 0 spiro atoms. The highest BCUT2D eigenvalue weighted by Crippen LogP contribution is 2.30. The first-order valence-electron chi connectivity index (χ1n) is 31.7. The van der Waals surface area contributed by atoms with Crippen LogP contribution in [-0.2, 0) is 23.7 Å². The summed E-state index contributed by atoms with van der Waals surface area (Å²) in [4.78, 5) is 13.3. The fraction of sp³-hybridized carbons (Fsp3) is 0.889. The number of carbonyl (C=O) groups excluding carboxylic acids is 1. The van der Waals surface area contributed by atoms with Gasteiger partial charge in [0.15, 0.2) is 12.6 Å². The van der Waals surface area contributed by atoms with E-state index in [1.54, 1.807) is 6.08 Å². The summed E-state index contributed by atoms with van der Waals surface area (Å²) >= 11 is 0. The fourth-order valence-corrected chi connectivity index (χ4v) is 10.4. The predicted molar refractivity (Wildman–Crippen MR) is 309 cm³/mol. The molecule has 0 saturated carbocycles. The van der Waals surface area contributed by atoms with Gasteiger partial charge in [-0.15, -0.1) is 0 Å². The maximum absolute atomic E-state index is 13.3. The fourth-order valence-electron chi connectivity index (χ4n) is 10.4. The Morgan fingerprint density at radius 3 is 1.30 bits per heavy atom. The standard InChI is InChI=1S/C63H117NO13/c1-3-5-7-9-11-13-15-17-19-21-23-25-27-28-30-32-34-36-38-40-42-44-46-52(67)51(50-74-62-60(73)58(71)61(54(49-66)76-62)77-63-59(72)57(70)56(69)53(48-65)75-63)64-55(68)47-45-43-41-39-37-35-33-31-29-26-24-22-20-18-16-14-12-10-8-6-4-2/h16,18,22,24,44,46,51-54,56-63,65-67,69-73H,3-15,17,19-21,23,25-43,45,47-50H2,1-2H3,(H,64,68)/b18-16-,24-22-,46-44+. The van der Waals surface area contributed by atoms with Crippen molar-refractivity contribution < 1.29 is 64.6 Å². The molecule has 2 saturated heterocycles. The van der Waals surface area contributed by atoms with Gasteiger partial charge in [0.1, 0.15) is 48.8 Å². The van der Waals surface area contributed by atoms with E-state index >= 15 is 0 Å². The normalized spacial score (nSPS) is 24.9. The van der Waals surface area contributed by atoms with Crippen LogP contribution in [0.4, 0.5) is 0 Å². The number of amides is 1. The van der Waals surface area contributed by atoms with E-state index in [9.17, 15) is 45.6 Å². The van der Waals surface area contributed by atoms with Gasteiger partial charge in [-0.2, -0.15) is 0 Å². The highest BCUT2D eigenvalue weighted by Gasteiger charge is 2.51. The zero-order chi connectivity index (χ0) is 56.0. The summed E-state index contributed by atoms with van der Waals surface area (Å²) in [5.41, 5.74) is 0.